The van der Waals surface area contributed by atoms with Crippen LogP contribution in [0.2, 0.25) is 0 Å². The van der Waals surface area contributed by atoms with Crippen molar-refractivity contribution in [3.8, 4) is 17.3 Å². The van der Waals surface area contributed by atoms with Gasteiger partial charge in [-0.05, 0) is 44.1 Å². The van der Waals surface area contributed by atoms with Gasteiger partial charge in [-0.15, -0.1) is 0 Å². The van der Waals surface area contributed by atoms with E-state index in [1.54, 1.807) is 38.1 Å². The number of nitrogens with two attached hydrogens (primary N) is 1. The molecule has 1 aromatic heterocycles. The summed E-state index contributed by atoms with van der Waals surface area (Å²) in [5.41, 5.74) is 7.94. The number of carbonyl (C=O) groups is 1. The van der Waals surface area contributed by atoms with Crippen molar-refractivity contribution in [2.75, 3.05) is 12.3 Å². The summed E-state index contributed by atoms with van der Waals surface area (Å²) < 4.78 is 1.45. The fourth-order valence-electron chi connectivity index (χ4n) is 5.33. The van der Waals surface area contributed by atoms with Gasteiger partial charge in [0.2, 0.25) is 5.91 Å². The number of benzene rings is 1. The van der Waals surface area contributed by atoms with Gasteiger partial charge in [0.1, 0.15) is 23.1 Å². The van der Waals surface area contributed by atoms with Crippen molar-refractivity contribution >= 4 is 17.4 Å². The van der Waals surface area contributed by atoms with Crippen LogP contribution in [0.15, 0.2) is 36.2 Å². The topological polar surface area (TPSA) is 161 Å². The minimum atomic E-state index is -0.769. The smallest absolute Gasteiger partial charge is 0.231 e. The Labute approximate surface area is 198 Å². The molecule has 0 spiro atoms. The number of carbonyl (C=O) groups excluding carboxylic acids is 1. The first kappa shape index (κ1) is 23.5. The van der Waals surface area contributed by atoms with Gasteiger partial charge in [-0.3, -0.25) is 10.1 Å². The molecule has 6 N–H and O–H groups in total. The number of aliphatic hydroxyl groups is 2. The number of aliphatic hydroxyl groups excluding tert-OH is 2. The summed E-state index contributed by atoms with van der Waals surface area (Å²) in [7, 11) is 0. The quantitative estimate of drug-likeness (QED) is 0.299. The van der Waals surface area contributed by atoms with Crippen molar-refractivity contribution in [1.29, 1.82) is 10.7 Å². The highest BCUT2D eigenvalue weighted by molar-refractivity contribution is 6.00. The first-order valence-electron chi connectivity index (χ1n) is 11.2. The molecule has 1 amide bonds. The maximum atomic E-state index is 12.4. The maximum Gasteiger partial charge on any atom is 0.231 e. The Bertz CT molecular complexity index is 1210. The molecule has 5 rings (SSSR count). The van der Waals surface area contributed by atoms with Crippen molar-refractivity contribution in [3.05, 3.63) is 47.4 Å². The standard InChI is InChI=1S/C25H30N6O3/c1-23(2,14-32)31-22(28)17(10-26)21(30-31)16-6-4-15(5-7-16)8-19(33)29-20(34)9-18(27)25-11-24(3,12-25)13-25/h4-7,9,27,32,34H,8,11-14,28H2,1-3H3,(H,29,33)/b20-9-,27-18?. The molecule has 0 aliphatic heterocycles. The SMILES string of the molecule is CC12CC(C(=N)/C=C(\O)NC(=O)Cc3ccc(-c4nn(C(C)(C)CO)c(N)c4C#N)cc3)(C1)C2. The molecule has 9 nitrogen and oxygen atoms in total. The van der Waals surface area contributed by atoms with E-state index in [1.165, 1.54) is 10.8 Å². The normalized spacial score (nSPS) is 23.4. The Hall–Kier alpha value is -3.64. The lowest BCUT2D eigenvalue weighted by Crippen LogP contribution is -2.63. The van der Waals surface area contributed by atoms with Crippen molar-refractivity contribution < 1.29 is 15.0 Å². The molecular formula is C25H30N6O3. The molecule has 178 valence electrons. The number of amides is 1. The molecule has 1 heterocycles. The minimum absolute atomic E-state index is 0.0357. The zero-order valence-corrected chi connectivity index (χ0v) is 19.6. The summed E-state index contributed by atoms with van der Waals surface area (Å²) in [4.78, 5) is 12.4. The molecule has 0 unspecified atom stereocenters. The fraction of sp³-hybridized carbons (Fsp3) is 0.440. The van der Waals surface area contributed by atoms with Crippen LogP contribution >= 0.6 is 0 Å². The molecule has 3 aliphatic carbocycles. The highest BCUT2D eigenvalue weighted by Gasteiger charge is 2.66. The molecule has 1 aromatic carbocycles. The van der Waals surface area contributed by atoms with Gasteiger partial charge in [-0.25, -0.2) is 4.68 Å². The Morgan fingerprint density at radius 2 is 1.97 bits per heavy atom. The van der Waals surface area contributed by atoms with Gasteiger partial charge in [0, 0.05) is 22.8 Å². The third kappa shape index (κ3) is 3.94. The average Bonchev–Trinajstić information content (AvgIpc) is 3.08. The Morgan fingerprint density at radius 1 is 1.35 bits per heavy atom. The van der Waals surface area contributed by atoms with Gasteiger partial charge >= 0.3 is 0 Å². The zero-order chi connectivity index (χ0) is 24.9. The molecule has 34 heavy (non-hydrogen) atoms. The number of nitriles is 1. The fourth-order valence-corrected chi connectivity index (χ4v) is 5.33. The summed E-state index contributed by atoms with van der Waals surface area (Å²) in [6.45, 7) is 5.54. The van der Waals surface area contributed by atoms with Crippen LogP contribution in [0.25, 0.3) is 11.3 Å². The number of nitrogens with one attached hydrogen (secondary N) is 2. The molecule has 3 fully saturated rings. The van der Waals surface area contributed by atoms with Gasteiger partial charge in [0.25, 0.3) is 0 Å². The number of nitrogens with zero attached hydrogens (tertiary/aromatic N) is 3. The first-order chi connectivity index (χ1) is 15.9. The monoisotopic (exact) mass is 462 g/mol. The van der Waals surface area contributed by atoms with Gasteiger partial charge in [-0.2, -0.15) is 10.4 Å². The van der Waals surface area contributed by atoms with E-state index in [0.29, 0.717) is 27.9 Å². The second kappa shape index (κ2) is 7.99. The van der Waals surface area contributed by atoms with Crippen LogP contribution in [-0.2, 0) is 16.8 Å². The molecule has 9 heteroatoms. The number of anilines is 1. The predicted molar refractivity (Wildman–Crippen MR) is 128 cm³/mol. The van der Waals surface area contributed by atoms with Crippen LogP contribution in [0.5, 0.6) is 0 Å². The van der Waals surface area contributed by atoms with E-state index in [1.807, 2.05) is 0 Å². The van der Waals surface area contributed by atoms with Gasteiger partial charge in [0.05, 0.1) is 18.6 Å². The summed E-state index contributed by atoms with van der Waals surface area (Å²) in [5.74, 6) is -0.525. The number of hydrogen-bond donors (Lipinski definition) is 5. The van der Waals surface area contributed by atoms with E-state index in [0.717, 1.165) is 19.3 Å². The van der Waals surface area contributed by atoms with Crippen molar-refractivity contribution in [1.82, 2.24) is 15.1 Å². The molecular weight excluding hydrogens is 432 g/mol. The third-order valence-corrected chi connectivity index (χ3v) is 7.00. The predicted octanol–water partition coefficient (Wildman–Crippen LogP) is 3.00. The Kier molecular flexibility index (Phi) is 5.53. The minimum Gasteiger partial charge on any atom is -0.494 e. The van der Waals surface area contributed by atoms with Crippen molar-refractivity contribution in [2.45, 2.75) is 52.0 Å². The number of rotatable bonds is 8. The first-order valence-corrected chi connectivity index (χ1v) is 11.2. The van der Waals surface area contributed by atoms with Crippen LogP contribution < -0.4 is 11.1 Å². The van der Waals surface area contributed by atoms with Crippen LogP contribution in [0, 0.1) is 27.6 Å². The largest absolute Gasteiger partial charge is 0.494 e. The summed E-state index contributed by atoms with van der Waals surface area (Å²) in [6.07, 6.45) is 4.29. The van der Waals surface area contributed by atoms with Gasteiger partial charge in [-0.1, -0.05) is 31.2 Å². The molecule has 0 radical (unpaired) electrons. The lowest BCUT2D eigenvalue weighted by molar-refractivity contribution is -0.137. The number of hydrogen-bond acceptors (Lipinski definition) is 7. The van der Waals surface area contributed by atoms with Crippen LogP contribution in [-0.4, -0.2) is 38.2 Å². The molecule has 3 saturated carbocycles. The molecule has 3 aliphatic rings. The number of allylic oxidation sites excluding steroid dienone is 1. The molecule has 2 bridgehead atoms. The Balaban J connectivity index is 1.42. The van der Waals surface area contributed by atoms with E-state index >= 15 is 0 Å². The average molecular weight is 463 g/mol. The lowest BCUT2D eigenvalue weighted by Gasteiger charge is -2.69. The highest BCUT2D eigenvalue weighted by atomic mass is 16.3. The molecule has 0 atom stereocenters. The Morgan fingerprint density at radius 3 is 2.50 bits per heavy atom. The molecule has 2 aromatic rings. The van der Waals surface area contributed by atoms with E-state index in [2.05, 4.69) is 23.4 Å². The number of aromatic nitrogens is 2. The summed E-state index contributed by atoms with van der Waals surface area (Å²) in [5, 5.41) is 44.5. The van der Waals surface area contributed by atoms with Crippen LogP contribution in [0.1, 0.15) is 51.2 Å². The van der Waals surface area contributed by atoms with Crippen molar-refractivity contribution in [3.63, 3.8) is 0 Å². The third-order valence-electron chi connectivity index (χ3n) is 7.00. The van der Waals surface area contributed by atoms with Crippen molar-refractivity contribution in [2.24, 2.45) is 10.8 Å². The maximum absolute atomic E-state index is 12.4. The summed E-state index contributed by atoms with van der Waals surface area (Å²) >= 11 is 0. The van der Waals surface area contributed by atoms with Crippen LogP contribution in [0.3, 0.4) is 0 Å². The van der Waals surface area contributed by atoms with Gasteiger partial charge < -0.3 is 21.4 Å². The zero-order valence-electron chi connectivity index (χ0n) is 19.6. The lowest BCUT2D eigenvalue weighted by atomic mass is 9.34. The molecule has 0 saturated heterocycles. The van der Waals surface area contributed by atoms with E-state index in [4.69, 9.17) is 11.1 Å². The number of nitrogen functional groups attached to an aromatic ring is 1. The highest BCUT2D eigenvalue weighted by Crippen LogP contribution is 2.73. The second-order valence-electron chi connectivity index (χ2n) is 10.6. The van der Waals surface area contributed by atoms with E-state index in [-0.39, 0.29) is 35.7 Å². The van der Waals surface area contributed by atoms with E-state index < -0.39 is 11.4 Å². The van der Waals surface area contributed by atoms with Crippen LogP contribution in [0.4, 0.5) is 5.82 Å². The van der Waals surface area contributed by atoms with Gasteiger partial charge in [0.15, 0.2) is 5.88 Å². The van der Waals surface area contributed by atoms with E-state index in [9.17, 15) is 20.3 Å². The second-order valence-corrected chi connectivity index (χ2v) is 10.6. The summed E-state index contributed by atoms with van der Waals surface area (Å²) in [6, 6.07) is 9.06.